The summed E-state index contributed by atoms with van der Waals surface area (Å²) in [6, 6.07) is 10.5. The largest absolute Gasteiger partial charge is 0.329 e. The lowest BCUT2D eigenvalue weighted by atomic mass is 10.1. The van der Waals surface area contributed by atoms with Gasteiger partial charge in [-0.25, -0.2) is 0 Å². The van der Waals surface area contributed by atoms with Crippen molar-refractivity contribution >= 4 is 11.3 Å². The first-order valence-electron chi connectivity index (χ1n) is 7.32. The third kappa shape index (κ3) is 4.81. The maximum Gasteiger partial charge on any atom is 0.307 e. The summed E-state index contributed by atoms with van der Waals surface area (Å²) in [5.41, 5.74) is 8.08. The van der Waals surface area contributed by atoms with Crippen molar-refractivity contribution in [2.24, 2.45) is 5.73 Å². The average Bonchev–Trinajstić information content (AvgIpc) is 2.82. The van der Waals surface area contributed by atoms with Crippen molar-refractivity contribution in [3.8, 4) is 0 Å². The monoisotopic (exact) mass is 305 g/mol. The van der Waals surface area contributed by atoms with Gasteiger partial charge < -0.3 is 10.3 Å². The minimum Gasteiger partial charge on any atom is -0.329 e. The fraction of sp³-hybridized carbons (Fsp3) is 0.438. The van der Waals surface area contributed by atoms with E-state index in [1.165, 1.54) is 16.9 Å². The van der Waals surface area contributed by atoms with E-state index in [4.69, 9.17) is 5.73 Å². The van der Waals surface area contributed by atoms with Crippen LogP contribution in [0.3, 0.4) is 0 Å². The molecule has 0 fully saturated rings. The molecule has 0 radical (unpaired) electrons. The van der Waals surface area contributed by atoms with Gasteiger partial charge in [0, 0.05) is 43.8 Å². The van der Waals surface area contributed by atoms with Crippen molar-refractivity contribution in [3.05, 3.63) is 56.6 Å². The fourth-order valence-electron chi connectivity index (χ4n) is 2.37. The molecule has 114 valence electrons. The van der Waals surface area contributed by atoms with Crippen molar-refractivity contribution in [1.29, 1.82) is 0 Å². The topological polar surface area (TPSA) is 51.3 Å². The van der Waals surface area contributed by atoms with Crippen molar-refractivity contribution in [2.45, 2.75) is 19.9 Å². The lowest BCUT2D eigenvalue weighted by molar-refractivity contribution is 0.271. The van der Waals surface area contributed by atoms with Crippen LogP contribution >= 0.6 is 11.3 Å². The van der Waals surface area contributed by atoms with E-state index in [1.807, 2.05) is 22.9 Å². The normalized spacial score (nSPS) is 11.2. The lowest BCUT2D eigenvalue weighted by Gasteiger charge is -2.22. The Bertz CT molecular complexity index is 591. The van der Waals surface area contributed by atoms with Crippen LogP contribution < -0.4 is 10.6 Å². The molecule has 0 aliphatic carbocycles. The number of thiazole rings is 1. The van der Waals surface area contributed by atoms with Crippen LogP contribution in [-0.2, 0) is 13.0 Å². The van der Waals surface area contributed by atoms with Gasteiger partial charge in [0.1, 0.15) is 0 Å². The van der Waals surface area contributed by atoms with Crippen molar-refractivity contribution in [3.63, 3.8) is 0 Å². The number of nitrogens with two attached hydrogens (primary N) is 1. The molecule has 0 saturated carbocycles. The summed E-state index contributed by atoms with van der Waals surface area (Å²) < 4.78 is 1.84. The number of hydrogen-bond acceptors (Lipinski definition) is 4. The minimum absolute atomic E-state index is 0.128. The van der Waals surface area contributed by atoms with Crippen LogP contribution in [0.25, 0.3) is 0 Å². The van der Waals surface area contributed by atoms with E-state index >= 15 is 0 Å². The Labute approximate surface area is 129 Å². The first-order valence-corrected chi connectivity index (χ1v) is 8.20. The summed E-state index contributed by atoms with van der Waals surface area (Å²) in [7, 11) is 0. The van der Waals surface area contributed by atoms with Gasteiger partial charge in [-0.05, 0) is 18.9 Å². The molecule has 0 bridgehead atoms. The molecule has 0 spiro atoms. The predicted octanol–water partition coefficient (Wildman–Crippen LogP) is 1.72. The highest BCUT2D eigenvalue weighted by Gasteiger charge is 2.07. The van der Waals surface area contributed by atoms with E-state index < -0.39 is 0 Å². The summed E-state index contributed by atoms with van der Waals surface area (Å²) in [6.07, 6.45) is 1.01. The van der Waals surface area contributed by atoms with Crippen LogP contribution in [0.15, 0.2) is 40.5 Å². The highest BCUT2D eigenvalue weighted by atomic mass is 32.1. The molecule has 0 aliphatic rings. The number of hydrogen-bond donors (Lipinski definition) is 1. The van der Waals surface area contributed by atoms with Gasteiger partial charge in [0.25, 0.3) is 0 Å². The molecule has 4 nitrogen and oxygen atoms in total. The summed E-state index contributed by atoms with van der Waals surface area (Å²) in [6.45, 7) is 6.07. The molecule has 0 amide bonds. The van der Waals surface area contributed by atoms with Crippen LogP contribution in [0.4, 0.5) is 0 Å². The number of rotatable bonds is 8. The van der Waals surface area contributed by atoms with Gasteiger partial charge in [-0.15, -0.1) is 0 Å². The highest BCUT2D eigenvalue weighted by Crippen LogP contribution is 2.03. The van der Waals surface area contributed by atoms with E-state index in [2.05, 4.69) is 29.2 Å². The molecule has 0 unspecified atom stereocenters. The van der Waals surface area contributed by atoms with Crippen molar-refractivity contribution < 1.29 is 0 Å². The predicted molar refractivity (Wildman–Crippen MR) is 89.0 cm³/mol. The first-order chi connectivity index (χ1) is 10.2. The second-order valence-electron chi connectivity index (χ2n) is 5.16. The van der Waals surface area contributed by atoms with Gasteiger partial charge >= 0.3 is 4.87 Å². The Morgan fingerprint density at radius 1 is 1.19 bits per heavy atom. The zero-order chi connectivity index (χ0) is 15.1. The SMILES string of the molecule is Cc1csc(=O)n1CCN(CCN)CCc1ccccc1. The van der Waals surface area contributed by atoms with Crippen molar-refractivity contribution in [2.75, 3.05) is 26.2 Å². The minimum atomic E-state index is 0.128. The van der Waals surface area contributed by atoms with Crippen LogP contribution in [0, 0.1) is 6.92 Å². The molecule has 0 saturated heterocycles. The number of nitrogens with zero attached hydrogens (tertiary/aromatic N) is 2. The van der Waals surface area contributed by atoms with Gasteiger partial charge in [-0.1, -0.05) is 41.7 Å². The Kier molecular flexibility index (Phi) is 6.17. The van der Waals surface area contributed by atoms with E-state index in [1.54, 1.807) is 0 Å². The number of aryl methyl sites for hydroxylation is 1. The molecule has 1 aromatic heterocycles. The molecule has 2 aromatic rings. The zero-order valence-electron chi connectivity index (χ0n) is 12.5. The van der Waals surface area contributed by atoms with Crippen LogP contribution in [0.1, 0.15) is 11.3 Å². The summed E-state index contributed by atoms with van der Waals surface area (Å²) in [4.78, 5) is 14.2. The summed E-state index contributed by atoms with van der Waals surface area (Å²) >= 11 is 1.27. The van der Waals surface area contributed by atoms with E-state index in [0.717, 1.165) is 38.3 Å². The Morgan fingerprint density at radius 2 is 1.95 bits per heavy atom. The molecule has 21 heavy (non-hydrogen) atoms. The second kappa shape index (κ2) is 8.12. The van der Waals surface area contributed by atoms with E-state index in [9.17, 15) is 4.79 Å². The number of benzene rings is 1. The maximum atomic E-state index is 11.7. The zero-order valence-corrected chi connectivity index (χ0v) is 13.3. The van der Waals surface area contributed by atoms with Gasteiger partial charge in [0.15, 0.2) is 0 Å². The van der Waals surface area contributed by atoms with Crippen molar-refractivity contribution in [1.82, 2.24) is 9.47 Å². The standard InChI is InChI=1S/C16H23N3OS/c1-14-13-21-16(20)19(14)12-11-18(10-8-17)9-7-15-5-3-2-4-6-15/h2-6,13H,7-12,17H2,1H3. The van der Waals surface area contributed by atoms with Gasteiger partial charge in [0.05, 0.1) is 0 Å². The lowest BCUT2D eigenvalue weighted by Crippen LogP contribution is -2.35. The molecule has 1 heterocycles. The smallest absolute Gasteiger partial charge is 0.307 e. The third-order valence-corrected chi connectivity index (χ3v) is 4.50. The molecular weight excluding hydrogens is 282 g/mol. The quantitative estimate of drug-likeness (QED) is 0.808. The Morgan fingerprint density at radius 3 is 2.57 bits per heavy atom. The molecule has 0 aliphatic heterocycles. The molecule has 1 aromatic carbocycles. The third-order valence-electron chi connectivity index (χ3n) is 3.62. The Balaban J connectivity index is 1.88. The summed E-state index contributed by atoms with van der Waals surface area (Å²) in [5, 5.41) is 1.92. The number of aromatic nitrogens is 1. The summed E-state index contributed by atoms with van der Waals surface area (Å²) in [5.74, 6) is 0. The highest BCUT2D eigenvalue weighted by molar-refractivity contribution is 7.07. The van der Waals surface area contributed by atoms with Gasteiger partial charge in [-0.3, -0.25) is 9.69 Å². The maximum absolute atomic E-state index is 11.7. The average molecular weight is 305 g/mol. The second-order valence-corrected chi connectivity index (χ2v) is 5.98. The Hall–Kier alpha value is -1.43. The molecular formula is C16H23N3OS. The van der Waals surface area contributed by atoms with Crippen LogP contribution in [0.2, 0.25) is 0 Å². The van der Waals surface area contributed by atoms with Gasteiger partial charge in [-0.2, -0.15) is 0 Å². The van der Waals surface area contributed by atoms with E-state index in [0.29, 0.717) is 6.54 Å². The molecule has 2 rings (SSSR count). The van der Waals surface area contributed by atoms with E-state index in [-0.39, 0.29) is 4.87 Å². The van der Waals surface area contributed by atoms with Gasteiger partial charge in [0.2, 0.25) is 0 Å². The molecule has 2 N–H and O–H groups in total. The fourth-order valence-corrected chi connectivity index (χ4v) is 3.13. The van der Waals surface area contributed by atoms with Crippen LogP contribution in [0.5, 0.6) is 0 Å². The van der Waals surface area contributed by atoms with Crippen LogP contribution in [-0.4, -0.2) is 35.6 Å². The molecule has 0 atom stereocenters. The first kappa shape index (κ1) is 15.9. The molecule has 5 heteroatoms.